The van der Waals surface area contributed by atoms with E-state index in [1.54, 1.807) is 61.4 Å². The second-order valence-corrected chi connectivity index (χ2v) is 10.2. The van der Waals surface area contributed by atoms with Crippen molar-refractivity contribution in [2.24, 2.45) is 7.05 Å². The molecule has 9 nitrogen and oxygen atoms in total. The number of amides is 3. The number of rotatable bonds is 6. The van der Waals surface area contributed by atoms with Crippen molar-refractivity contribution in [2.45, 2.75) is 13.8 Å². The second-order valence-electron chi connectivity index (χ2n) is 10.2. The standard InChI is InChI=1S/C31H32N6O3/c1-20-9-15-24(16-10-20)36-17-18-37(31(36)40)27-8-6-7-25(21(27)2)26-19-35(5)30(39)28(33-26)32-23-13-11-22(12-14-23)29(38)34(3)4/h6-16,19H,17-18H2,1-5H3,(H,32,33). The van der Waals surface area contributed by atoms with E-state index in [1.807, 2.05) is 56.3 Å². The van der Waals surface area contributed by atoms with Crippen molar-refractivity contribution >= 4 is 34.8 Å². The van der Waals surface area contributed by atoms with Gasteiger partial charge in [-0.05, 0) is 61.9 Å². The lowest BCUT2D eigenvalue weighted by Crippen LogP contribution is -2.32. The molecule has 1 N–H and O–H groups in total. The summed E-state index contributed by atoms with van der Waals surface area (Å²) in [5.41, 5.74) is 6.06. The Hall–Kier alpha value is -4.92. The number of nitrogens with one attached hydrogen (secondary N) is 1. The molecule has 1 aromatic heterocycles. The van der Waals surface area contributed by atoms with Gasteiger partial charge in [0.25, 0.3) is 11.5 Å². The van der Waals surface area contributed by atoms with E-state index in [1.165, 1.54) is 9.47 Å². The minimum atomic E-state index is -0.283. The minimum Gasteiger partial charge on any atom is -0.345 e. The zero-order valence-electron chi connectivity index (χ0n) is 23.3. The van der Waals surface area contributed by atoms with Gasteiger partial charge in [0.15, 0.2) is 5.82 Å². The Morgan fingerprint density at radius 3 is 2.25 bits per heavy atom. The molecule has 1 aliphatic heterocycles. The third kappa shape index (κ3) is 5.05. The van der Waals surface area contributed by atoms with Crippen LogP contribution in [0.5, 0.6) is 0 Å². The number of carbonyl (C=O) groups is 2. The van der Waals surface area contributed by atoms with Crippen LogP contribution in [0.3, 0.4) is 0 Å². The predicted octanol–water partition coefficient (Wildman–Crippen LogP) is 4.96. The molecule has 1 saturated heterocycles. The first kappa shape index (κ1) is 26.7. The number of benzene rings is 3. The lowest BCUT2D eigenvalue weighted by molar-refractivity contribution is 0.0827. The first-order valence-corrected chi connectivity index (χ1v) is 13.1. The van der Waals surface area contributed by atoms with E-state index in [-0.39, 0.29) is 23.3 Å². The molecule has 1 aliphatic rings. The quantitative estimate of drug-likeness (QED) is 0.376. The number of hydrogen-bond acceptors (Lipinski definition) is 5. The summed E-state index contributed by atoms with van der Waals surface area (Å²) >= 11 is 0. The van der Waals surface area contributed by atoms with E-state index in [0.717, 1.165) is 28.1 Å². The molecule has 1 fully saturated rings. The molecule has 5 rings (SSSR count). The molecule has 0 saturated carbocycles. The summed E-state index contributed by atoms with van der Waals surface area (Å²) in [6.45, 7) is 5.15. The van der Waals surface area contributed by atoms with E-state index in [4.69, 9.17) is 0 Å². The number of hydrogen-bond donors (Lipinski definition) is 1. The first-order chi connectivity index (χ1) is 19.1. The molecule has 9 heteroatoms. The van der Waals surface area contributed by atoms with Crippen molar-refractivity contribution in [1.82, 2.24) is 14.5 Å². The highest BCUT2D eigenvalue weighted by molar-refractivity contribution is 6.07. The highest BCUT2D eigenvalue weighted by Crippen LogP contribution is 2.33. The number of aryl methyl sites for hydroxylation is 2. The average molecular weight is 537 g/mol. The van der Waals surface area contributed by atoms with Gasteiger partial charge >= 0.3 is 6.03 Å². The largest absolute Gasteiger partial charge is 0.345 e. The molecule has 0 spiro atoms. The molecule has 3 aromatic carbocycles. The van der Waals surface area contributed by atoms with Crippen LogP contribution in [0, 0.1) is 13.8 Å². The maximum atomic E-state index is 13.4. The van der Waals surface area contributed by atoms with Crippen LogP contribution >= 0.6 is 0 Å². The predicted molar refractivity (Wildman–Crippen MR) is 159 cm³/mol. The van der Waals surface area contributed by atoms with Crippen molar-refractivity contribution in [3.63, 3.8) is 0 Å². The van der Waals surface area contributed by atoms with Gasteiger partial charge in [0, 0.05) is 68.6 Å². The molecule has 40 heavy (non-hydrogen) atoms. The van der Waals surface area contributed by atoms with E-state index >= 15 is 0 Å². The number of nitrogens with zero attached hydrogens (tertiary/aromatic N) is 5. The lowest BCUT2D eigenvalue weighted by Gasteiger charge is -2.22. The van der Waals surface area contributed by atoms with Crippen LogP contribution in [-0.4, -0.2) is 53.6 Å². The summed E-state index contributed by atoms with van der Waals surface area (Å²) in [5.74, 6) is 0.0655. The molecule has 3 amide bonds. The molecular formula is C31H32N6O3. The summed E-state index contributed by atoms with van der Waals surface area (Å²) in [6, 6.07) is 20.6. The third-order valence-corrected chi connectivity index (χ3v) is 7.10. The SMILES string of the molecule is Cc1ccc(N2CCN(c3cccc(-c4cn(C)c(=O)c(Nc5ccc(C(=O)N(C)C)cc5)n4)c3C)C2=O)cc1. The molecule has 4 aromatic rings. The van der Waals surface area contributed by atoms with E-state index in [0.29, 0.717) is 30.0 Å². The molecule has 204 valence electrons. The zero-order valence-corrected chi connectivity index (χ0v) is 23.3. The van der Waals surface area contributed by atoms with Crippen molar-refractivity contribution < 1.29 is 9.59 Å². The summed E-state index contributed by atoms with van der Waals surface area (Å²) in [6.07, 6.45) is 1.70. The highest BCUT2D eigenvalue weighted by atomic mass is 16.2. The van der Waals surface area contributed by atoms with Crippen LogP contribution in [0.2, 0.25) is 0 Å². The van der Waals surface area contributed by atoms with Gasteiger partial charge in [-0.1, -0.05) is 29.8 Å². The van der Waals surface area contributed by atoms with Crippen LogP contribution in [0.4, 0.5) is 27.7 Å². The molecule has 0 unspecified atom stereocenters. The number of aromatic nitrogens is 2. The summed E-state index contributed by atoms with van der Waals surface area (Å²) in [5, 5.41) is 3.10. The Labute approximate surface area is 233 Å². The number of carbonyl (C=O) groups excluding carboxylic acids is 2. The molecule has 0 bridgehead atoms. The van der Waals surface area contributed by atoms with Crippen molar-refractivity contribution in [2.75, 3.05) is 42.3 Å². The van der Waals surface area contributed by atoms with E-state index in [9.17, 15) is 14.4 Å². The fourth-order valence-corrected chi connectivity index (χ4v) is 4.83. The molecule has 0 atom stereocenters. The topological polar surface area (TPSA) is 90.8 Å². The Bertz CT molecular complexity index is 1640. The Morgan fingerprint density at radius 2 is 1.57 bits per heavy atom. The lowest BCUT2D eigenvalue weighted by atomic mass is 10.0. The van der Waals surface area contributed by atoms with Crippen LogP contribution in [0.25, 0.3) is 11.3 Å². The molecule has 0 aliphatic carbocycles. The van der Waals surface area contributed by atoms with E-state index in [2.05, 4.69) is 10.3 Å². The van der Waals surface area contributed by atoms with E-state index < -0.39 is 0 Å². The van der Waals surface area contributed by atoms with Crippen LogP contribution < -0.4 is 20.7 Å². The Morgan fingerprint density at radius 1 is 0.900 bits per heavy atom. The maximum Gasteiger partial charge on any atom is 0.329 e. The van der Waals surface area contributed by atoms with Gasteiger partial charge in [0.1, 0.15) is 0 Å². The fraction of sp³-hybridized carbons (Fsp3) is 0.226. The van der Waals surface area contributed by atoms with Crippen molar-refractivity contribution in [3.8, 4) is 11.3 Å². The average Bonchev–Trinajstić information content (AvgIpc) is 3.32. The smallest absolute Gasteiger partial charge is 0.329 e. The Kier molecular flexibility index (Phi) is 7.13. The maximum absolute atomic E-state index is 13.4. The first-order valence-electron chi connectivity index (χ1n) is 13.1. The second kappa shape index (κ2) is 10.7. The molecular weight excluding hydrogens is 504 g/mol. The summed E-state index contributed by atoms with van der Waals surface area (Å²) < 4.78 is 1.49. The third-order valence-electron chi connectivity index (χ3n) is 7.10. The Balaban J connectivity index is 1.44. The van der Waals surface area contributed by atoms with Gasteiger partial charge in [-0.15, -0.1) is 0 Å². The van der Waals surface area contributed by atoms with Gasteiger partial charge in [-0.25, -0.2) is 9.78 Å². The van der Waals surface area contributed by atoms with Gasteiger partial charge in [-0.3, -0.25) is 19.4 Å². The van der Waals surface area contributed by atoms with Crippen LogP contribution in [0.1, 0.15) is 21.5 Å². The summed E-state index contributed by atoms with van der Waals surface area (Å²) in [4.78, 5) is 48.3. The van der Waals surface area contributed by atoms with Crippen molar-refractivity contribution in [3.05, 3.63) is 100.0 Å². The van der Waals surface area contributed by atoms with Gasteiger partial charge in [0.05, 0.1) is 5.69 Å². The number of urea groups is 1. The normalized spacial score (nSPS) is 13.1. The monoisotopic (exact) mass is 536 g/mol. The van der Waals surface area contributed by atoms with Gasteiger partial charge in [-0.2, -0.15) is 0 Å². The zero-order chi connectivity index (χ0) is 28.6. The highest BCUT2D eigenvalue weighted by Gasteiger charge is 2.32. The number of anilines is 4. The summed E-state index contributed by atoms with van der Waals surface area (Å²) in [7, 11) is 5.08. The fourth-order valence-electron chi connectivity index (χ4n) is 4.83. The van der Waals surface area contributed by atoms with Gasteiger partial charge < -0.3 is 14.8 Å². The molecule has 2 heterocycles. The van der Waals surface area contributed by atoms with Gasteiger partial charge in [0.2, 0.25) is 0 Å². The minimum absolute atomic E-state index is 0.0731. The van der Waals surface area contributed by atoms with Crippen LogP contribution in [-0.2, 0) is 7.05 Å². The molecule has 0 radical (unpaired) electrons. The van der Waals surface area contributed by atoms with Crippen molar-refractivity contribution in [1.29, 1.82) is 0 Å². The van der Waals surface area contributed by atoms with Crippen LogP contribution in [0.15, 0.2) is 77.7 Å².